The maximum atomic E-state index is 8.85. The summed E-state index contributed by atoms with van der Waals surface area (Å²) in [5.41, 5.74) is 0. The van der Waals surface area contributed by atoms with Crippen LogP contribution >= 0.6 is 11.3 Å². The van der Waals surface area contributed by atoms with E-state index in [1.807, 2.05) is 12.3 Å². The zero-order chi connectivity index (χ0) is 7.84. The van der Waals surface area contributed by atoms with E-state index in [1.165, 1.54) is 11.3 Å². The first kappa shape index (κ1) is 6.94. The molecule has 11 heavy (non-hydrogen) atoms. The Morgan fingerprint density at radius 3 is 3.18 bits per heavy atom. The normalized spacial score (nSPS) is 20.7. The van der Waals surface area contributed by atoms with Crippen LogP contribution < -0.4 is 9.47 Å². The summed E-state index contributed by atoms with van der Waals surface area (Å²) in [6.45, 7) is 1.85. The highest BCUT2D eigenvalue weighted by atomic mass is 32.1. The number of ether oxygens (including phenoxy) is 2. The van der Waals surface area contributed by atoms with Gasteiger partial charge in [-0.15, -0.1) is 11.3 Å². The molecule has 1 aliphatic rings. The number of thiophene rings is 1. The van der Waals surface area contributed by atoms with E-state index in [2.05, 4.69) is 0 Å². The summed E-state index contributed by atoms with van der Waals surface area (Å²) in [5.74, 6) is 1.47. The van der Waals surface area contributed by atoms with Crippen molar-refractivity contribution < 1.29 is 14.6 Å². The van der Waals surface area contributed by atoms with E-state index in [-0.39, 0.29) is 12.9 Å². The Labute approximate surface area is 68.2 Å². The van der Waals surface area contributed by atoms with Crippen molar-refractivity contribution in [3.05, 3.63) is 10.3 Å². The number of aliphatic hydroxyl groups excluding tert-OH is 1. The molecule has 0 saturated carbocycles. The van der Waals surface area contributed by atoms with Crippen LogP contribution in [0.3, 0.4) is 0 Å². The fraction of sp³-hybridized carbons (Fsp3) is 0.429. The van der Waals surface area contributed by atoms with Crippen LogP contribution in [0.25, 0.3) is 0 Å². The van der Waals surface area contributed by atoms with Crippen LogP contribution in [0, 0.1) is 0 Å². The Hall–Kier alpha value is -0.740. The van der Waals surface area contributed by atoms with Gasteiger partial charge in [0, 0.05) is 12.3 Å². The molecule has 3 nitrogen and oxygen atoms in total. The van der Waals surface area contributed by atoms with Gasteiger partial charge in [-0.2, -0.15) is 0 Å². The second-order valence-electron chi connectivity index (χ2n) is 2.31. The molecule has 0 spiro atoms. The molecular formula is C7H8O3S. The highest BCUT2D eigenvalue weighted by Gasteiger charge is 2.24. The van der Waals surface area contributed by atoms with Gasteiger partial charge in [0.1, 0.15) is 0 Å². The number of fused-ring (bicyclic) bond motifs is 1. The average molecular weight is 172 g/mol. The summed E-state index contributed by atoms with van der Waals surface area (Å²) in [7, 11) is 0. The summed E-state index contributed by atoms with van der Waals surface area (Å²) < 4.78 is 10.6. The van der Waals surface area contributed by atoms with E-state index in [0.29, 0.717) is 5.75 Å². The van der Waals surface area contributed by atoms with E-state index >= 15 is 0 Å². The van der Waals surface area contributed by atoms with E-state index in [9.17, 15) is 0 Å². The van der Waals surface area contributed by atoms with Gasteiger partial charge < -0.3 is 14.6 Å². The molecule has 0 saturated heterocycles. The molecule has 0 radical (unpaired) electrons. The lowest BCUT2D eigenvalue weighted by Gasteiger charge is -2.02. The van der Waals surface area contributed by atoms with Gasteiger partial charge in [0.2, 0.25) is 6.29 Å². The third kappa shape index (κ3) is 0.985. The smallest absolute Gasteiger partial charge is 0.238 e. The first-order valence-electron chi connectivity index (χ1n) is 3.36. The summed E-state index contributed by atoms with van der Waals surface area (Å²) >= 11 is 1.45. The zero-order valence-corrected chi connectivity index (χ0v) is 6.85. The monoisotopic (exact) mass is 172 g/mol. The summed E-state index contributed by atoms with van der Waals surface area (Å²) in [6.07, 6.45) is -0.210. The minimum atomic E-state index is -0.210. The predicted octanol–water partition coefficient (Wildman–Crippen LogP) is 1.36. The predicted molar refractivity (Wildman–Crippen MR) is 41.0 cm³/mol. The number of hydrogen-bond donors (Lipinski definition) is 1. The fourth-order valence-electron chi connectivity index (χ4n) is 1.05. The first-order valence-corrected chi connectivity index (χ1v) is 4.23. The van der Waals surface area contributed by atoms with Crippen LogP contribution in [0.2, 0.25) is 0 Å². The van der Waals surface area contributed by atoms with Crippen molar-refractivity contribution >= 4 is 11.3 Å². The van der Waals surface area contributed by atoms with Crippen molar-refractivity contribution in [3.8, 4) is 11.5 Å². The molecule has 60 valence electrons. The maximum Gasteiger partial charge on any atom is 0.238 e. The Balaban J connectivity index is 2.37. The van der Waals surface area contributed by atoms with E-state index in [4.69, 9.17) is 14.6 Å². The molecule has 1 aromatic heterocycles. The van der Waals surface area contributed by atoms with Crippen molar-refractivity contribution in [1.82, 2.24) is 0 Å². The largest absolute Gasteiger partial charge is 0.450 e. The van der Waals surface area contributed by atoms with Crippen molar-refractivity contribution in [1.29, 1.82) is 0 Å². The van der Waals surface area contributed by atoms with Crippen molar-refractivity contribution in [2.75, 3.05) is 0 Å². The minimum absolute atomic E-state index is 0.0239. The molecule has 0 bridgehead atoms. The third-order valence-electron chi connectivity index (χ3n) is 1.51. The zero-order valence-electron chi connectivity index (χ0n) is 6.03. The average Bonchev–Trinajstić information content (AvgIpc) is 2.45. The molecule has 4 heteroatoms. The van der Waals surface area contributed by atoms with Gasteiger partial charge in [-0.05, 0) is 0 Å². The Kier molecular flexibility index (Phi) is 1.51. The molecule has 1 atom stereocenters. The molecule has 1 aliphatic heterocycles. The molecule has 0 fully saturated rings. The molecule has 1 unspecified atom stereocenters. The van der Waals surface area contributed by atoms with Crippen LogP contribution in [-0.2, 0) is 6.61 Å². The lowest BCUT2D eigenvalue weighted by Crippen LogP contribution is -2.12. The number of hydrogen-bond acceptors (Lipinski definition) is 4. The molecule has 0 aliphatic carbocycles. The SMILES string of the molecule is CC1Oc2csc(CO)c2O1. The van der Waals surface area contributed by atoms with Gasteiger partial charge in [-0.1, -0.05) is 0 Å². The third-order valence-corrected chi connectivity index (χ3v) is 2.44. The van der Waals surface area contributed by atoms with E-state index in [0.717, 1.165) is 10.6 Å². The summed E-state index contributed by atoms with van der Waals surface area (Å²) in [6, 6.07) is 0. The van der Waals surface area contributed by atoms with E-state index in [1.54, 1.807) is 0 Å². The van der Waals surface area contributed by atoms with Crippen molar-refractivity contribution in [2.45, 2.75) is 19.8 Å². The van der Waals surface area contributed by atoms with Crippen LogP contribution in [0.15, 0.2) is 5.38 Å². The van der Waals surface area contributed by atoms with E-state index < -0.39 is 0 Å². The fourth-order valence-corrected chi connectivity index (χ4v) is 1.79. The Morgan fingerprint density at radius 2 is 2.45 bits per heavy atom. The van der Waals surface area contributed by atoms with Crippen LogP contribution in [0.5, 0.6) is 11.5 Å². The molecule has 0 amide bonds. The quantitative estimate of drug-likeness (QED) is 0.695. The molecule has 2 heterocycles. The van der Waals surface area contributed by atoms with Crippen LogP contribution in [0.4, 0.5) is 0 Å². The summed E-state index contributed by atoms with van der Waals surface area (Å²) in [5, 5.41) is 10.7. The molecule has 1 N–H and O–H groups in total. The first-order chi connectivity index (χ1) is 5.31. The maximum absolute atomic E-state index is 8.85. The van der Waals surface area contributed by atoms with Crippen LogP contribution in [-0.4, -0.2) is 11.4 Å². The topological polar surface area (TPSA) is 38.7 Å². The molecular weight excluding hydrogens is 164 g/mol. The van der Waals surface area contributed by atoms with Gasteiger partial charge in [-0.3, -0.25) is 0 Å². The van der Waals surface area contributed by atoms with Gasteiger partial charge in [0.05, 0.1) is 11.5 Å². The van der Waals surface area contributed by atoms with Crippen molar-refractivity contribution in [3.63, 3.8) is 0 Å². The highest BCUT2D eigenvalue weighted by molar-refractivity contribution is 7.10. The highest BCUT2D eigenvalue weighted by Crippen LogP contribution is 2.42. The van der Waals surface area contributed by atoms with Gasteiger partial charge in [-0.25, -0.2) is 0 Å². The molecule has 1 aromatic rings. The Morgan fingerprint density at radius 1 is 1.64 bits per heavy atom. The Bertz CT molecular complexity index is 269. The van der Waals surface area contributed by atoms with Gasteiger partial charge in [0.15, 0.2) is 11.5 Å². The number of aliphatic hydroxyl groups is 1. The van der Waals surface area contributed by atoms with Gasteiger partial charge >= 0.3 is 0 Å². The van der Waals surface area contributed by atoms with Gasteiger partial charge in [0.25, 0.3) is 0 Å². The number of rotatable bonds is 1. The van der Waals surface area contributed by atoms with Crippen molar-refractivity contribution in [2.24, 2.45) is 0 Å². The molecule has 2 rings (SSSR count). The lowest BCUT2D eigenvalue weighted by molar-refractivity contribution is 0.0666. The second kappa shape index (κ2) is 2.39. The lowest BCUT2D eigenvalue weighted by atomic mass is 10.4. The second-order valence-corrected chi connectivity index (χ2v) is 3.28. The summed E-state index contributed by atoms with van der Waals surface area (Å²) in [4.78, 5) is 0.837. The standard InChI is InChI=1S/C7H8O3S/c1-4-9-5-3-11-6(2-8)7(5)10-4/h3-4,8H,2H2,1H3. The molecule has 0 aromatic carbocycles. The van der Waals surface area contributed by atoms with Crippen LogP contribution in [0.1, 0.15) is 11.8 Å². The minimum Gasteiger partial charge on any atom is -0.450 e.